The molecule has 8 nitrogen and oxygen atoms in total. The molecular formula is C23H27F3N6O2. The largest absolute Gasteiger partial charge is 0.421 e. The Balaban J connectivity index is 1.79. The first-order chi connectivity index (χ1) is 16.2. The number of pyridine rings is 2. The molecule has 11 heteroatoms. The molecule has 182 valence electrons. The van der Waals surface area contributed by atoms with Crippen LogP contribution in [0.4, 0.5) is 13.2 Å². The molecule has 1 aliphatic rings. The summed E-state index contributed by atoms with van der Waals surface area (Å²) in [6.07, 6.45) is 0.00844. The number of nitrogens with zero attached hydrogens (tertiary/aromatic N) is 3. The van der Waals surface area contributed by atoms with Crippen LogP contribution in [0.2, 0.25) is 0 Å². The van der Waals surface area contributed by atoms with Crippen molar-refractivity contribution in [2.45, 2.75) is 25.2 Å². The van der Waals surface area contributed by atoms with Gasteiger partial charge in [-0.05, 0) is 42.3 Å². The average Bonchev–Trinajstić information content (AvgIpc) is 3.07. The van der Waals surface area contributed by atoms with Crippen LogP contribution in [-0.4, -0.2) is 66.6 Å². The van der Waals surface area contributed by atoms with Gasteiger partial charge in [0.1, 0.15) is 11.3 Å². The normalized spacial score (nSPS) is 17.7. The first-order valence-electron chi connectivity index (χ1n) is 10.8. The highest BCUT2D eigenvalue weighted by molar-refractivity contribution is 5.98. The van der Waals surface area contributed by atoms with Gasteiger partial charge in [0, 0.05) is 52.2 Å². The monoisotopic (exact) mass is 476 g/mol. The lowest BCUT2D eigenvalue weighted by molar-refractivity contribution is -0.129. The van der Waals surface area contributed by atoms with Crippen LogP contribution in [0.5, 0.6) is 0 Å². The van der Waals surface area contributed by atoms with Crippen LogP contribution >= 0.6 is 0 Å². The van der Waals surface area contributed by atoms with Crippen molar-refractivity contribution in [1.29, 1.82) is 0 Å². The molecule has 0 saturated carbocycles. The quantitative estimate of drug-likeness (QED) is 0.552. The molecule has 0 spiro atoms. The fraction of sp³-hybridized carbons (Fsp3) is 0.391. The van der Waals surface area contributed by atoms with Gasteiger partial charge < -0.3 is 16.0 Å². The maximum absolute atomic E-state index is 13.2. The van der Waals surface area contributed by atoms with Gasteiger partial charge in [-0.15, -0.1) is 0 Å². The van der Waals surface area contributed by atoms with E-state index in [0.717, 1.165) is 50.3 Å². The fourth-order valence-corrected chi connectivity index (χ4v) is 3.76. The van der Waals surface area contributed by atoms with E-state index in [9.17, 15) is 22.8 Å². The van der Waals surface area contributed by atoms with Crippen molar-refractivity contribution in [3.8, 4) is 0 Å². The van der Waals surface area contributed by atoms with Crippen molar-refractivity contribution in [2.75, 3.05) is 33.7 Å². The predicted octanol–water partition coefficient (Wildman–Crippen LogP) is 2.06. The summed E-state index contributed by atoms with van der Waals surface area (Å²) in [6, 6.07) is 6.81. The summed E-state index contributed by atoms with van der Waals surface area (Å²) in [4.78, 5) is 34.0. The lowest BCUT2D eigenvalue weighted by atomic mass is 10.0. The van der Waals surface area contributed by atoms with Crippen molar-refractivity contribution in [2.24, 2.45) is 0 Å². The van der Waals surface area contributed by atoms with Gasteiger partial charge in [0.05, 0.1) is 5.69 Å². The number of hydrogen-bond acceptors (Lipinski definition) is 6. The van der Waals surface area contributed by atoms with Gasteiger partial charge >= 0.3 is 6.18 Å². The summed E-state index contributed by atoms with van der Waals surface area (Å²) in [7, 11) is 2.70. The van der Waals surface area contributed by atoms with Gasteiger partial charge in [0.25, 0.3) is 11.8 Å². The van der Waals surface area contributed by atoms with Crippen LogP contribution in [0.15, 0.2) is 42.2 Å². The van der Waals surface area contributed by atoms with Gasteiger partial charge in [-0.1, -0.05) is 12.1 Å². The van der Waals surface area contributed by atoms with Gasteiger partial charge in [0.2, 0.25) is 0 Å². The van der Waals surface area contributed by atoms with Crippen LogP contribution in [-0.2, 0) is 11.3 Å². The predicted molar refractivity (Wildman–Crippen MR) is 121 cm³/mol. The lowest BCUT2D eigenvalue weighted by Gasteiger charge is -2.29. The second kappa shape index (κ2) is 11.2. The van der Waals surface area contributed by atoms with Crippen LogP contribution in [0.25, 0.3) is 6.08 Å². The van der Waals surface area contributed by atoms with Crippen molar-refractivity contribution in [1.82, 2.24) is 30.8 Å². The molecule has 3 heterocycles. The van der Waals surface area contributed by atoms with E-state index in [1.807, 2.05) is 11.4 Å². The molecule has 2 aromatic heterocycles. The van der Waals surface area contributed by atoms with Crippen LogP contribution in [0.1, 0.15) is 39.8 Å². The van der Waals surface area contributed by atoms with Crippen molar-refractivity contribution in [3.05, 3.63) is 64.7 Å². The maximum Gasteiger partial charge on any atom is 0.421 e. The zero-order chi connectivity index (χ0) is 24.7. The Hall–Kier alpha value is -3.31. The Morgan fingerprint density at radius 1 is 1.12 bits per heavy atom. The molecule has 2 amide bonds. The third-order valence-electron chi connectivity index (χ3n) is 5.54. The van der Waals surface area contributed by atoms with Gasteiger partial charge in [-0.3, -0.25) is 24.5 Å². The van der Waals surface area contributed by atoms with Gasteiger partial charge in [-0.2, -0.15) is 13.2 Å². The Morgan fingerprint density at radius 3 is 2.50 bits per heavy atom. The van der Waals surface area contributed by atoms with Crippen LogP contribution < -0.4 is 16.0 Å². The smallest absolute Gasteiger partial charge is 0.355 e. The summed E-state index contributed by atoms with van der Waals surface area (Å²) >= 11 is 0. The Morgan fingerprint density at radius 2 is 1.91 bits per heavy atom. The van der Waals surface area contributed by atoms with Crippen LogP contribution in [0, 0.1) is 0 Å². The molecule has 3 N–H and O–H groups in total. The molecule has 3 rings (SSSR count). The molecule has 0 aromatic carbocycles. The van der Waals surface area contributed by atoms with E-state index < -0.39 is 17.7 Å². The number of likely N-dealkylation sites (N-methyl/N-ethyl adjacent to an activating group) is 1. The third kappa shape index (κ3) is 6.39. The first kappa shape index (κ1) is 25.3. The zero-order valence-corrected chi connectivity index (χ0v) is 18.9. The van der Waals surface area contributed by atoms with E-state index in [1.165, 1.54) is 12.3 Å². The minimum absolute atomic E-state index is 0.0442. The molecule has 1 saturated heterocycles. The Labute approximate surface area is 195 Å². The fourth-order valence-electron chi connectivity index (χ4n) is 3.76. The summed E-state index contributed by atoms with van der Waals surface area (Å²) in [6.45, 7) is 2.89. The van der Waals surface area contributed by atoms with Gasteiger partial charge in [0.15, 0.2) is 0 Å². The number of carbonyl (C=O) groups is 2. The second-order valence-corrected chi connectivity index (χ2v) is 7.81. The van der Waals surface area contributed by atoms with Crippen molar-refractivity contribution in [3.63, 3.8) is 0 Å². The number of hydrogen-bond donors (Lipinski definition) is 3. The lowest BCUT2D eigenvalue weighted by Crippen LogP contribution is -2.30. The Kier molecular flexibility index (Phi) is 8.35. The second-order valence-electron chi connectivity index (χ2n) is 7.81. The molecule has 2 aromatic rings. The summed E-state index contributed by atoms with van der Waals surface area (Å²) in [5, 5.41) is 7.92. The van der Waals surface area contributed by atoms with Crippen molar-refractivity contribution < 1.29 is 22.8 Å². The summed E-state index contributed by atoms with van der Waals surface area (Å²) in [5.41, 5.74) is 0.883. The minimum Gasteiger partial charge on any atom is -0.355 e. The van der Waals surface area contributed by atoms with E-state index in [-0.39, 0.29) is 17.6 Å². The number of carbonyl (C=O) groups excluding carboxylic acids is 2. The molecule has 34 heavy (non-hydrogen) atoms. The number of nitrogens with one attached hydrogen (secondary N) is 3. The molecule has 1 aliphatic heterocycles. The van der Waals surface area contributed by atoms with E-state index in [1.54, 1.807) is 25.4 Å². The maximum atomic E-state index is 13.2. The minimum atomic E-state index is -4.78. The van der Waals surface area contributed by atoms with E-state index in [0.29, 0.717) is 12.2 Å². The average molecular weight is 477 g/mol. The molecular weight excluding hydrogens is 449 g/mol. The van der Waals surface area contributed by atoms with Gasteiger partial charge in [-0.25, -0.2) is 0 Å². The zero-order valence-electron chi connectivity index (χ0n) is 18.9. The topological polar surface area (TPSA) is 99.2 Å². The van der Waals surface area contributed by atoms with Crippen molar-refractivity contribution >= 4 is 17.9 Å². The first-order valence-corrected chi connectivity index (χ1v) is 10.8. The number of rotatable bonds is 6. The van der Waals surface area contributed by atoms with E-state index in [4.69, 9.17) is 0 Å². The van der Waals surface area contributed by atoms with Crippen LogP contribution in [0.3, 0.4) is 0 Å². The highest BCUT2D eigenvalue weighted by Gasteiger charge is 2.38. The molecule has 0 aliphatic carbocycles. The standard InChI is InChI=1S/C23H27F3N6O2/c1-27-21(33)18(23(24,25)26)11-17-5-3-15(12-30-17)14-32-10-9-29-8-7-20(32)16-4-6-19(31-13-16)22(34)28-2/h3-6,11-13,20,29H,7-10,14H2,1-2H3,(H,27,33)(H,28,34)/b18-11+. The molecule has 1 fully saturated rings. The third-order valence-corrected chi connectivity index (χ3v) is 5.54. The van der Waals surface area contributed by atoms with E-state index in [2.05, 4.69) is 25.5 Å². The summed E-state index contributed by atoms with van der Waals surface area (Å²) < 4.78 is 39.5. The highest BCUT2D eigenvalue weighted by atomic mass is 19.4. The number of amides is 2. The van der Waals surface area contributed by atoms with E-state index >= 15 is 0 Å². The number of aromatic nitrogens is 2. The SMILES string of the molecule is CNC(=O)/C(=C\c1ccc(CN2CCNCCC2c2ccc(C(=O)NC)nc2)cn1)C(F)(F)F. The number of alkyl halides is 3. The summed E-state index contributed by atoms with van der Waals surface area (Å²) in [5.74, 6) is -1.47. The molecule has 0 bridgehead atoms. The molecule has 1 atom stereocenters. The Bertz CT molecular complexity index is 1020. The molecule has 0 radical (unpaired) electrons. The molecule has 1 unspecified atom stereocenters. The highest BCUT2D eigenvalue weighted by Crippen LogP contribution is 2.28. The number of halogens is 3.